The molecular weight excluding hydrogens is 260 g/mol. The zero-order valence-electron chi connectivity index (χ0n) is 11.5. The Morgan fingerprint density at radius 3 is 2.55 bits per heavy atom. The van der Waals surface area contributed by atoms with Crippen LogP contribution in [0, 0.1) is 6.92 Å². The van der Waals surface area contributed by atoms with E-state index in [1.807, 2.05) is 11.3 Å². The average molecular weight is 276 g/mol. The zero-order chi connectivity index (χ0) is 13.5. The van der Waals surface area contributed by atoms with Crippen molar-refractivity contribution in [3.8, 4) is 11.1 Å². The second-order valence-corrected chi connectivity index (χ2v) is 6.40. The van der Waals surface area contributed by atoms with Gasteiger partial charge in [-0.2, -0.15) is 0 Å². The molecule has 1 aliphatic rings. The molecule has 0 aliphatic heterocycles. The first kappa shape index (κ1) is 11.9. The minimum Gasteiger partial charge on any atom is -0.135 e. The summed E-state index contributed by atoms with van der Waals surface area (Å²) < 4.78 is 2.91. The van der Waals surface area contributed by atoms with Crippen molar-refractivity contribution in [2.45, 2.75) is 19.8 Å². The van der Waals surface area contributed by atoms with Gasteiger partial charge in [0.15, 0.2) is 0 Å². The van der Waals surface area contributed by atoms with Gasteiger partial charge in [-0.15, -0.1) is 11.3 Å². The van der Waals surface area contributed by atoms with E-state index < -0.39 is 0 Å². The lowest BCUT2D eigenvalue weighted by atomic mass is 9.98. The van der Waals surface area contributed by atoms with E-state index in [9.17, 15) is 0 Å². The number of hydrogen-bond donors (Lipinski definition) is 0. The van der Waals surface area contributed by atoms with Gasteiger partial charge >= 0.3 is 0 Å². The van der Waals surface area contributed by atoms with Gasteiger partial charge in [0.05, 0.1) is 0 Å². The van der Waals surface area contributed by atoms with E-state index >= 15 is 0 Å². The van der Waals surface area contributed by atoms with Gasteiger partial charge in [0, 0.05) is 14.6 Å². The Kier molecular flexibility index (Phi) is 2.75. The van der Waals surface area contributed by atoms with Gasteiger partial charge in [-0.25, -0.2) is 0 Å². The van der Waals surface area contributed by atoms with Gasteiger partial charge in [-0.3, -0.25) is 0 Å². The largest absolute Gasteiger partial charge is 0.135 e. The Morgan fingerprint density at radius 2 is 1.70 bits per heavy atom. The van der Waals surface area contributed by atoms with Gasteiger partial charge in [0.1, 0.15) is 0 Å². The van der Waals surface area contributed by atoms with Gasteiger partial charge in [0.2, 0.25) is 0 Å². The Morgan fingerprint density at radius 1 is 0.900 bits per heavy atom. The fourth-order valence-electron chi connectivity index (χ4n) is 3.07. The molecule has 0 spiro atoms. The third-order valence-corrected chi connectivity index (χ3v) is 5.44. The summed E-state index contributed by atoms with van der Waals surface area (Å²) in [5, 5.41) is 2.89. The predicted octanol–water partition coefficient (Wildman–Crippen LogP) is 4.23. The van der Waals surface area contributed by atoms with Gasteiger partial charge < -0.3 is 0 Å². The number of rotatable bonds is 1. The fraction of sp³-hybridized carbons (Fsp3) is 0.158. The number of benzene rings is 2. The molecule has 20 heavy (non-hydrogen) atoms. The normalized spacial score (nSPS) is 13.7. The van der Waals surface area contributed by atoms with Crippen molar-refractivity contribution in [2.24, 2.45) is 0 Å². The first-order valence-corrected chi connectivity index (χ1v) is 7.94. The van der Waals surface area contributed by atoms with E-state index in [2.05, 4.69) is 61.5 Å². The molecule has 0 saturated heterocycles. The highest BCUT2D eigenvalue weighted by molar-refractivity contribution is 7.17. The molecule has 0 unspecified atom stereocenters. The summed E-state index contributed by atoms with van der Waals surface area (Å²) in [6, 6.07) is 15.3. The van der Waals surface area contributed by atoms with Crippen molar-refractivity contribution in [2.75, 3.05) is 0 Å². The van der Waals surface area contributed by atoms with Crippen molar-refractivity contribution in [3.63, 3.8) is 0 Å². The molecule has 0 saturated carbocycles. The molecule has 1 heterocycles. The molecule has 1 aliphatic carbocycles. The third kappa shape index (κ3) is 1.74. The van der Waals surface area contributed by atoms with Crippen LogP contribution >= 0.6 is 11.3 Å². The summed E-state index contributed by atoms with van der Waals surface area (Å²) in [4.78, 5) is 0. The van der Waals surface area contributed by atoms with Crippen molar-refractivity contribution >= 4 is 33.6 Å². The van der Waals surface area contributed by atoms with Crippen LogP contribution in [-0.4, -0.2) is 0 Å². The molecule has 1 aromatic heterocycles. The molecule has 98 valence electrons. The van der Waals surface area contributed by atoms with Crippen LogP contribution in [-0.2, 0) is 0 Å². The van der Waals surface area contributed by atoms with E-state index in [4.69, 9.17) is 0 Å². The Hall–Kier alpha value is -1.86. The van der Waals surface area contributed by atoms with Crippen LogP contribution in [0.4, 0.5) is 0 Å². The van der Waals surface area contributed by atoms with Crippen LogP contribution in [0.15, 0.2) is 42.5 Å². The van der Waals surface area contributed by atoms with Crippen LogP contribution < -0.4 is 9.75 Å². The molecule has 2 aromatic carbocycles. The summed E-state index contributed by atoms with van der Waals surface area (Å²) in [6.45, 7) is 2.26. The SMILES string of the molecule is Cc1c(-c2ccccc2)ccc2c3c(sc12)=CCCC=3. The Balaban J connectivity index is 2.07. The highest BCUT2D eigenvalue weighted by Crippen LogP contribution is 2.30. The van der Waals surface area contributed by atoms with Crippen LogP contribution in [0.2, 0.25) is 0 Å². The fourth-order valence-corrected chi connectivity index (χ4v) is 4.34. The first-order chi connectivity index (χ1) is 9.84. The van der Waals surface area contributed by atoms with Crippen molar-refractivity contribution in [3.05, 3.63) is 57.8 Å². The lowest BCUT2D eigenvalue weighted by Gasteiger charge is -2.07. The molecular formula is C19H16S. The quantitative estimate of drug-likeness (QED) is 0.624. The molecule has 4 rings (SSSR count). The van der Waals surface area contributed by atoms with E-state index in [1.165, 1.54) is 49.4 Å². The first-order valence-electron chi connectivity index (χ1n) is 7.12. The maximum absolute atomic E-state index is 2.40. The highest BCUT2D eigenvalue weighted by atomic mass is 32.1. The van der Waals surface area contributed by atoms with Crippen molar-refractivity contribution < 1.29 is 0 Å². The number of aryl methyl sites for hydroxylation is 1. The summed E-state index contributed by atoms with van der Waals surface area (Å²) in [5.41, 5.74) is 4.08. The van der Waals surface area contributed by atoms with Gasteiger partial charge in [-0.05, 0) is 41.7 Å². The zero-order valence-corrected chi connectivity index (χ0v) is 12.3. The lowest BCUT2D eigenvalue weighted by Crippen LogP contribution is -2.20. The van der Waals surface area contributed by atoms with Gasteiger partial charge in [-0.1, -0.05) is 54.6 Å². The van der Waals surface area contributed by atoms with Crippen LogP contribution in [0.25, 0.3) is 33.4 Å². The summed E-state index contributed by atoms with van der Waals surface area (Å²) in [5.74, 6) is 0. The number of fused-ring (bicyclic) bond motifs is 3. The summed E-state index contributed by atoms with van der Waals surface area (Å²) in [6.07, 6.45) is 7.15. The average Bonchev–Trinajstić information content (AvgIpc) is 2.88. The second-order valence-electron chi connectivity index (χ2n) is 5.35. The molecule has 3 aromatic rings. The van der Waals surface area contributed by atoms with Crippen LogP contribution in [0.1, 0.15) is 18.4 Å². The topological polar surface area (TPSA) is 0 Å². The maximum Gasteiger partial charge on any atom is 0.0390 e. The third-order valence-electron chi connectivity index (χ3n) is 4.10. The molecule has 0 fully saturated rings. The van der Waals surface area contributed by atoms with Crippen molar-refractivity contribution in [1.29, 1.82) is 0 Å². The monoisotopic (exact) mass is 276 g/mol. The molecule has 1 heteroatoms. The molecule has 0 amide bonds. The Bertz CT molecular complexity index is 898. The molecule has 0 nitrogen and oxygen atoms in total. The summed E-state index contributed by atoms with van der Waals surface area (Å²) in [7, 11) is 0. The standard InChI is InChI=1S/C19H16S/c1-13-15(14-7-3-2-4-8-14)11-12-17-16-9-5-6-10-18(16)20-19(13)17/h2-4,7-12H,5-6H2,1H3. The predicted molar refractivity (Wildman–Crippen MR) is 89.4 cm³/mol. The number of hydrogen-bond acceptors (Lipinski definition) is 1. The Labute approximate surface area is 122 Å². The molecule has 0 N–H and O–H groups in total. The van der Waals surface area contributed by atoms with Crippen LogP contribution in [0.3, 0.4) is 0 Å². The molecule has 0 radical (unpaired) electrons. The highest BCUT2D eigenvalue weighted by Gasteiger charge is 2.10. The molecule has 0 bridgehead atoms. The van der Waals surface area contributed by atoms with E-state index in [-0.39, 0.29) is 0 Å². The van der Waals surface area contributed by atoms with E-state index in [0.717, 1.165) is 0 Å². The van der Waals surface area contributed by atoms with Crippen molar-refractivity contribution in [1.82, 2.24) is 0 Å². The number of thiophene rings is 1. The van der Waals surface area contributed by atoms with Gasteiger partial charge in [0.25, 0.3) is 0 Å². The summed E-state index contributed by atoms with van der Waals surface area (Å²) >= 11 is 1.95. The van der Waals surface area contributed by atoms with Crippen LogP contribution in [0.5, 0.6) is 0 Å². The minimum absolute atomic E-state index is 1.18. The smallest absolute Gasteiger partial charge is 0.0390 e. The lowest BCUT2D eigenvalue weighted by molar-refractivity contribution is 1.13. The van der Waals surface area contributed by atoms with E-state index in [0.29, 0.717) is 0 Å². The van der Waals surface area contributed by atoms with E-state index in [1.54, 1.807) is 0 Å². The molecule has 0 atom stereocenters. The minimum atomic E-state index is 1.18. The maximum atomic E-state index is 2.40. The second kappa shape index (κ2) is 4.60.